The highest BCUT2D eigenvalue weighted by Gasteiger charge is 2.38. The number of anilines is 2. The van der Waals surface area contributed by atoms with Crippen LogP contribution in [0.15, 0.2) is 65.6 Å². The van der Waals surface area contributed by atoms with Crippen molar-refractivity contribution in [1.82, 2.24) is 4.90 Å². The highest BCUT2D eigenvalue weighted by atomic mass is 32.2. The van der Waals surface area contributed by atoms with Gasteiger partial charge < -0.3 is 25.8 Å². The molecule has 3 aromatic rings. The van der Waals surface area contributed by atoms with Gasteiger partial charge in [-0.2, -0.15) is 0 Å². The fourth-order valence-corrected chi connectivity index (χ4v) is 6.40. The Bertz CT molecular complexity index is 1660. The Morgan fingerprint density at radius 1 is 1.07 bits per heavy atom. The third kappa shape index (κ3) is 6.72. The second-order valence-corrected chi connectivity index (χ2v) is 12.9. The van der Waals surface area contributed by atoms with Gasteiger partial charge in [-0.15, -0.1) is 0 Å². The van der Waals surface area contributed by atoms with E-state index in [1.165, 1.54) is 60.5 Å². The van der Waals surface area contributed by atoms with Crippen LogP contribution in [0.4, 0.5) is 20.6 Å². The van der Waals surface area contributed by atoms with E-state index in [1.807, 2.05) is 0 Å². The monoisotopic (exact) mass is 612 g/mol. The number of nitrogens with one attached hydrogen (secondary N) is 2. The molecule has 0 aromatic heterocycles. The maximum Gasteiger partial charge on any atom is 0.409 e. The van der Waals surface area contributed by atoms with Crippen molar-refractivity contribution >= 4 is 39.1 Å². The van der Waals surface area contributed by atoms with E-state index in [9.17, 15) is 32.3 Å². The maximum absolute atomic E-state index is 14.4. The molecule has 1 aliphatic heterocycles. The predicted octanol–water partition coefficient (Wildman–Crippen LogP) is 4.72. The molecular weight excluding hydrogens is 579 g/mol. The van der Waals surface area contributed by atoms with Gasteiger partial charge in [-0.05, 0) is 86.3 Å². The van der Waals surface area contributed by atoms with Crippen molar-refractivity contribution in [3.63, 3.8) is 0 Å². The van der Waals surface area contributed by atoms with Crippen LogP contribution in [-0.4, -0.2) is 55.2 Å². The first kappa shape index (κ1) is 31.3. The fourth-order valence-electron chi connectivity index (χ4n) is 5.12. The predicted molar refractivity (Wildman–Crippen MR) is 158 cm³/mol. The Labute approximate surface area is 248 Å². The molecule has 2 atom stereocenters. The fraction of sp³-hybridized carbons (Fsp3) is 0.300. The summed E-state index contributed by atoms with van der Waals surface area (Å²) in [6.45, 7) is 3.36. The molecule has 43 heavy (non-hydrogen) atoms. The number of methoxy groups -OCH3 is 1. The first-order chi connectivity index (χ1) is 20.3. The molecular formula is C30H33FN4O7S. The molecule has 0 spiro atoms. The lowest BCUT2D eigenvalue weighted by Crippen LogP contribution is -2.38. The van der Waals surface area contributed by atoms with Gasteiger partial charge in [-0.1, -0.05) is 12.1 Å². The van der Waals surface area contributed by atoms with Crippen LogP contribution in [0, 0.1) is 5.82 Å². The second kappa shape index (κ2) is 12.7. The number of carboxylic acid groups (broad SMARTS) is 1. The molecule has 1 aliphatic rings. The van der Waals surface area contributed by atoms with E-state index < -0.39 is 50.9 Å². The lowest BCUT2D eigenvalue weighted by atomic mass is 10.0. The molecule has 0 bridgehead atoms. The molecule has 3 aromatic carbocycles. The molecule has 228 valence electrons. The Balaban J connectivity index is 1.82. The number of benzene rings is 3. The van der Waals surface area contributed by atoms with E-state index in [2.05, 4.69) is 10.6 Å². The standard InChI is InChI=1S/C30H33FN4O7S/c1-17(2)43(40,41)26-12-10-21(34-30(38)39)16-22(26)24-8-5-13-35(24)29(37)27(18-9-11-23(31)25(15-18)42-3)33-20-7-4-6-19(14-20)28(32)36/h4,6-7,9-12,14-17,24,27,33-34H,5,8,13H2,1-3H3,(H2,32,36)(H,38,39). The maximum atomic E-state index is 14.4. The number of carbonyl (C=O) groups is 3. The number of ether oxygens (including phenoxy) is 1. The highest BCUT2D eigenvalue weighted by molar-refractivity contribution is 7.92. The molecule has 0 radical (unpaired) electrons. The van der Waals surface area contributed by atoms with Crippen LogP contribution in [0.25, 0.3) is 0 Å². The lowest BCUT2D eigenvalue weighted by Gasteiger charge is -2.32. The molecule has 4 rings (SSSR count). The summed E-state index contributed by atoms with van der Waals surface area (Å²) < 4.78 is 46.2. The molecule has 5 N–H and O–H groups in total. The van der Waals surface area contributed by atoms with Gasteiger partial charge in [-0.25, -0.2) is 17.6 Å². The van der Waals surface area contributed by atoms with Gasteiger partial charge in [0.25, 0.3) is 0 Å². The third-order valence-corrected chi connectivity index (χ3v) is 9.52. The van der Waals surface area contributed by atoms with Crippen LogP contribution in [0.3, 0.4) is 0 Å². The van der Waals surface area contributed by atoms with Crippen LogP contribution >= 0.6 is 0 Å². The summed E-state index contributed by atoms with van der Waals surface area (Å²) in [6, 6.07) is 12.6. The summed E-state index contributed by atoms with van der Waals surface area (Å²) in [5.74, 6) is -1.83. The van der Waals surface area contributed by atoms with Crippen LogP contribution in [0.5, 0.6) is 5.75 Å². The average Bonchev–Trinajstić information content (AvgIpc) is 3.45. The number of carbonyl (C=O) groups excluding carboxylic acids is 2. The number of nitrogens with zero attached hydrogens (tertiary/aromatic N) is 1. The number of nitrogens with two attached hydrogens (primary N) is 1. The van der Waals surface area contributed by atoms with Crippen molar-refractivity contribution in [2.45, 2.75) is 48.9 Å². The number of rotatable bonds is 10. The molecule has 1 saturated heterocycles. The zero-order chi connectivity index (χ0) is 31.5. The average molecular weight is 613 g/mol. The Morgan fingerprint density at radius 2 is 1.81 bits per heavy atom. The minimum absolute atomic E-state index is 0.00487. The number of sulfone groups is 1. The Hall–Kier alpha value is -4.65. The van der Waals surface area contributed by atoms with Crippen LogP contribution in [-0.2, 0) is 14.6 Å². The highest BCUT2D eigenvalue weighted by Crippen LogP contribution is 2.40. The first-order valence-electron chi connectivity index (χ1n) is 13.5. The van der Waals surface area contributed by atoms with Gasteiger partial charge in [0.2, 0.25) is 11.8 Å². The first-order valence-corrected chi connectivity index (χ1v) is 15.1. The molecule has 3 amide bonds. The van der Waals surface area contributed by atoms with Gasteiger partial charge in [-0.3, -0.25) is 14.9 Å². The zero-order valence-corrected chi connectivity index (χ0v) is 24.7. The Morgan fingerprint density at radius 3 is 2.47 bits per heavy atom. The largest absolute Gasteiger partial charge is 0.494 e. The molecule has 13 heteroatoms. The molecule has 1 fully saturated rings. The number of halogens is 1. The summed E-state index contributed by atoms with van der Waals surface area (Å²) in [4.78, 5) is 39.1. The van der Waals surface area contributed by atoms with E-state index >= 15 is 0 Å². The summed E-state index contributed by atoms with van der Waals surface area (Å²) in [7, 11) is -2.52. The van der Waals surface area contributed by atoms with E-state index in [0.29, 0.717) is 24.1 Å². The van der Waals surface area contributed by atoms with Crippen molar-refractivity contribution in [1.29, 1.82) is 0 Å². The van der Waals surface area contributed by atoms with E-state index in [-0.39, 0.29) is 34.0 Å². The normalized spacial score (nSPS) is 15.7. The van der Waals surface area contributed by atoms with E-state index in [0.717, 1.165) is 0 Å². The topological polar surface area (TPSA) is 168 Å². The van der Waals surface area contributed by atoms with Crippen molar-refractivity contribution in [2.75, 3.05) is 24.3 Å². The molecule has 1 heterocycles. The van der Waals surface area contributed by atoms with Gasteiger partial charge in [0, 0.05) is 23.5 Å². The number of amides is 3. The molecule has 2 unspecified atom stereocenters. The number of primary amides is 1. The molecule has 0 saturated carbocycles. The van der Waals surface area contributed by atoms with Gasteiger partial charge in [0.05, 0.1) is 23.3 Å². The third-order valence-electron chi connectivity index (χ3n) is 7.30. The number of hydrogen-bond acceptors (Lipinski definition) is 7. The van der Waals surface area contributed by atoms with Crippen molar-refractivity contribution in [3.05, 3.63) is 83.2 Å². The van der Waals surface area contributed by atoms with Gasteiger partial charge in [0.15, 0.2) is 21.4 Å². The minimum atomic E-state index is -3.82. The molecule has 11 nitrogen and oxygen atoms in total. The van der Waals surface area contributed by atoms with Crippen molar-refractivity contribution in [3.8, 4) is 5.75 Å². The van der Waals surface area contributed by atoms with Crippen molar-refractivity contribution < 1.29 is 37.0 Å². The minimum Gasteiger partial charge on any atom is -0.494 e. The zero-order valence-electron chi connectivity index (χ0n) is 23.8. The van der Waals surface area contributed by atoms with Gasteiger partial charge >= 0.3 is 6.09 Å². The van der Waals surface area contributed by atoms with Crippen molar-refractivity contribution in [2.24, 2.45) is 5.73 Å². The Kier molecular flexibility index (Phi) is 9.24. The SMILES string of the molecule is COc1cc(C(Nc2cccc(C(N)=O)c2)C(=O)N2CCCC2c2cc(NC(=O)O)ccc2S(=O)(=O)C(C)C)ccc1F. The summed E-state index contributed by atoms with van der Waals surface area (Å²) in [5, 5.41) is 13.9. The van der Waals surface area contributed by atoms with Crippen LogP contribution in [0.2, 0.25) is 0 Å². The summed E-state index contributed by atoms with van der Waals surface area (Å²) >= 11 is 0. The quantitative estimate of drug-likeness (QED) is 0.255. The second-order valence-electron chi connectivity index (χ2n) is 10.4. The summed E-state index contributed by atoms with van der Waals surface area (Å²) in [5.41, 5.74) is 6.85. The number of likely N-dealkylation sites (tertiary alicyclic amines) is 1. The molecule has 0 aliphatic carbocycles. The lowest BCUT2D eigenvalue weighted by molar-refractivity contribution is -0.133. The van der Waals surface area contributed by atoms with E-state index in [4.69, 9.17) is 10.5 Å². The summed E-state index contributed by atoms with van der Waals surface area (Å²) in [6.07, 6.45) is -0.359. The van der Waals surface area contributed by atoms with Crippen LogP contribution < -0.4 is 21.1 Å². The van der Waals surface area contributed by atoms with Gasteiger partial charge in [0.1, 0.15) is 6.04 Å². The number of hydrogen-bond donors (Lipinski definition) is 4. The smallest absolute Gasteiger partial charge is 0.409 e. The van der Waals surface area contributed by atoms with E-state index in [1.54, 1.807) is 26.0 Å². The van der Waals surface area contributed by atoms with Crippen LogP contribution in [0.1, 0.15) is 60.3 Å².